The van der Waals surface area contributed by atoms with E-state index in [0.29, 0.717) is 6.54 Å². The Hall–Kier alpha value is -2.29. The number of amides is 2. The Morgan fingerprint density at radius 2 is 1.92 bits per heavy atom. The number of carbonyl (C=O) groups excluding carboxylic acids is 2. The molecule has 1 saturated heterocycles. The van der Waals surface area contributed by atoms with E-state index >= 15 is 0 Å². The Balaban J connectivity index is 2.17. The summed E-state index contributed by atoms with van der Waals surface area (Å²) in [4.78, 5) is 27.6. The second kappa shape index (κ2) is 7.94. The van der Waals surface area contributed by atoms with Gasteiger partial charge in [0.1, 0.15) is 12.4 Å². The Morgan fingerprint density at radius 3 is 2.46 bits per heavy atom. The molecule has 1 heterocycles. The molecule has 0 N–H and O–H groups in total. The Bertz CT molecular complexity index is 678. The topological polar surface area (TPSA) is 59.1 Å². The predicted molar refractivity (Wildman–Crippen MR) is 87.0 cm³/mol. The van der Waals surface area contributed by atoms with Gasteiger partial charge in [-0.25, -0.2) is 0 Å². The molecule has 1 aliphatic rings. The van der Waals surface area contributed by atoms with Crippen LogP contribution < -0.4 is 4.74 Å². The van der Waals surface area contributed by atoms with Crippen LogP contribution >= 0.6 is 0 Å². The second-order valence-electron chi connectivity index (χ2n) is 6.03. The number of alkyl halides is 3. The molecule has 1 aromatic carbocycles. The van der Waals surface area contributed by atoms with Crippen LogP contribution in [0.3, 0.4) is 0 Å². The van der Waals surface area contributed by atoms with Gasteiger partial charge in [0.15, 0.2) is 0 Å². The van der Waals surface area contributed by atoms with Crippen molar-refractivity contribution in [1.82, 2.24) is 9.80 Å². The minimum atomic E-state index is -4.62. The number of carbonyl (C=O) groups is 2. The van der Waals surface area contributed by atoms with Crippen LogP contribution in [0.4, 0.5) is 13.2 Å². The van der Waals surface area contributed by atoms with Crippen molar-refractivity contribution in [3.05, 3.63) is 29.3 Å². The molecule has 26 heavy (non-hydrogen) atoms. The van der Waals surface area contributed by atoms with E-state index in [4.69, 9.17) is 9.47 Å². The molecule has 1 atom stereocenters. The molecule has 2 rings (SSSR count). The van der Waals surface area contributed by atoms with Crippen LogP contribution in [0, 0.1) is 0 Å². The summed E-state index contributed by atoms with van der Waals surface area (Å²) < 4.78 is 49.0. The minimum Gasteiger partial charge on any atom is -0.496 e. The van der Waals surface area contributed by atoms with Crippen molar-refractivity contribution in [1.29, 1.82) is 0 Å². The lowest BCUT2D eigenvalue weighted by Crippen LogP contribution is -2.56. The van der Waals surface area contributed by atoms with Gasteiger partial charge in [-0.1, -0.05) is 0 Å². The standard InChI is InChI=1S/C17H21F3N2O4/c1-11-9-21(6-7-22(11)15(23)10-25-2)16(24)12-4-5-14(26-3)13(8-12)17(18,19)20/h4-5,8,11H,6-7,9-10H2,1-3H3/t11-/m1/s1. The molecule has 0 unspecified atom stereocenters. The monoisotopic (exact) mass is 374 g/mol. The molecule has 0 aliphatic carbocycles. The summed E-state index contributed by atoms with van der Waals surface area (Å²) in [5.74, 6) is -1.03. The molecule has 144 valence electrons. The molecule has 1 aromatic rings. The molecule has 0 bridgehead atoms. The summed E-state index contributed by atoms with van der Waals surface area (Å²) in [6, 6.07) is 2.99. The van der Waals surface area contributed by atoms with Crippen LogP contribution in [0.15, 0.2) is 18.2 Å². The number of halogens is 3. The van der Waals surface area contributed by atoms with E-state index in [2.05, 4.69) is 0 Å². The summed E-state index contributed by atoms with van der Waals surface area (Å²) in [7, 11) is 2.56. The maximum Gasteiger partial charge on any atom is 0.419 e. The zero-order valence-electron chi connectivity index (χ0n) is 14.8. The van der Waals surface area contributed by atoms with Crippen LogP contribution in [0.1, 0.15) is 22.8 Å². The summed E-state index contributed by atoms with van der Waals surface area (Å²) in [6.45, 7) is 2.51. The van der Waals surface area contributed by atoms with Crippen LogP contribution in [-0.4, -0.2) is 68.1 Å². The summed E-state index contributed by atoms with van der Waals surface area (Å²) in [5, 5.41) is 0. The number of nitrogens with zero attached hydrogens (tertiary/aromatic N) is 2. The number of hydrogen-bond acceptors (Lipinski definition) is 4. The van der Waals surface area contributed by atoms with E-state index in [1.54, 1.807) is 11.8 Å². The minimum absolute atomic E-state index is 0.0499. The predicted octanol–water partition coefficient (Wildman–Crippen LogP) is 2.03. The zero-order valence-corrected chi connectivity index (χ0v) is 14.8. The maximum atomic E-state index is 13.1. The third kappa shape index (κ3) is 4.27. The number of piperazine rings is 1. The molecular weight excluding hydrogens is 353 g/mol. The normalized spacial score (nSPS) is 18.0. The molecular formula is C17H21F3N2O4. The fourth-order valence-corrected chi connectivity index (χ4v) is 2.96. The summed E-state index contributed by atoms with van der Waals surface area (Å²) >= 11 is 0. The maximum absolute atomic E-state index is 13.1. The highest BCUT2D eigenvalue weighted by molar-refractivity contribution is 5.95. The quantitative estimate of drug-likeness (QED) is 0.809. The Kier molecular flexibility index (Phi) is 6.12. The van der Waals surface area contributed by atoms with Gasteiger partial charge in [-0.15, -0.1) is 0 Å². The molecule has 6 nitrogen and oxygen atoms in total. The van der Waals surface area contributed by atoms with Crippen LogP contribution in [0.5, 0.6) is 5.75 Å². The molecule has 0 radical (unpaired) electrons. The number of benzene rings is 1. The van der Waals surface area contributed by atoms with Gasteiger partial charge in [-0.05, 0) is 25.1 Å². The van der Waals surface area contributed by atoms with Crippen molar-refractivity contribution < 1.29 is 32.2 Å². The zero-order chi connectivity index (χ0) is 19.5. The van der Waals surface area contributed by atoms with Crippen molar-refractivity contribution in [3.63, 3.8) is 0 Å². The van der Waals surface area contributed by atoms with Crippen molar-refractivity contribution in [2.75, 3.05) is 40.5 Å². The molecule has 0 saturated carbocycles. The van der Waals surface area contributed by atoms with Gasteiger partial charge in [0.2, 0.25) is 5.91 Å². The van der Waals surface area contributed by atoms with Gasteiger partial charge in [0.25, 0.3) is 5.91 Å². The van der Waals surface area contributed by atoms with Crippen molar-refractivity contribution in [3.8, 4) is 5.75 Å². The average Bonchev–Trinajstić information content (AvgIpc) is 2.59. The fraction of sp³-hybridized carbons (Fsp3) is 0.529. The van der Waals surface area contributed by atoms with Crippen LogP contribution in [0.2, 0.25) is 0 Å². The van der Waals surface area contributed by atoms with E-state index in [1.165, 1.54) is 18.1 Å². The summed E-state index contributed by atoms with van der Waals surface area (Å²) in [5.41, 5.74) is -1.06. The van der Waals surface area contributed by atoms with E-state index < -0.39 is 17.6 Å². The lowest BCUT2D eigenvalue weighted by molar-refractivity contribution is -0.140. The Labute approximate surface area is 149 Å². The second-order valence-corrected chi connectivity index (χ2v) is 6.03. The highest BCUT2D eigenvalue weighted by atomic mass is 19.4. The van der Waals surface area contributed by atoms with Crippen LogP contribution in [-0.2, 0) is 15.7 Å². The number of rotatable bonds is 4. The van der Waals surface area contributed by atoms with Gasteiger partial charge in [0.05, 0.1) is 12.7 Å². The van der Waals surface area contributed by atoms with Gasteiger partial charge in [0, 0.05) is 38.3 Å². The lowest BCUT2D eigenvalue weighted by atomic mass is 10.1. The fourth-order valence-electron chi connectivity index (χ4n) is 2.96. The first-order valence-electron chi connectivity index (χ1n) is 8.02. The summed E-state index contributed by atoms with van der Waals surface area (Å²) in [6.07, 6.45) is -4.62. The molecule has 0 aromatic heterocycles. The third-order valence-corrected chi connectivity index (χ3v) is 4.25. The first kappa shape index (κ1) is 20.0. The Morgan fingerprint density at radius 1 is 1.23 bits per heavy atom. The SMILES string of the molecule is COCC(=O)N1CCN(C(=O)c2ccc(OC)c(C(F)(F)F)c2)C[C@H]1C. The third-order valence-electron chi connectivity index (χ3n) is 4.25. The van der Waals surface area contributed by atoms with Gasteiger partial charge < -0.3 is 19.3 Å². The van der Waals surface area contributed by atoms with E-state index in [-0.39, 0.29) is 43.0 Å². The van der Waals surface area contributed by atoms with Gasteiger partial charge in [-0.3, -0.25) is 9.59 Å². The molecule has 0 spiro atoms. The molecule has 2 amide bonds. The first-order chi connectivity index (χ1) is 12.2. The molecule has 1 aliphatic heterocycles. The number of hydrogen-bond donors (Lipinski definition) is 0. The highest BCUT2D eigenvalue weighted by Gasteiger charge is 2.36. The number of methoxy groups -OCH3 is 2. The van der Waals surface area contributed by atoms with Gasteiger partial charge in [-0.2, -0.15) is 13.2 Å². The first-order valence-corrected chi connectivity index (χ1v) is 8.02. The lowest BCUT2D eigenvalue weighted by Gasteiger charge is -2.39. The van der Waals surface area contributed by atoms with Crippen molar-refractivity contribution in [2.24, 2.45) is 0 Å². The molecule has 9 heteroatoms. The molecule has 1 fully saturated rings. The smallest absolute Gasteiger partial charge is 0.419 e. The highest BCUT2D eigenvalue weighted by Crippen LogP contribution is 2.36. The van der Waals surface area contributed by atoms with E-state index in [0.717, 1.165) is 19.2 Å². The van der Waals surface area contributed by atoms with Crippen LogP contribution in [0.25, 0.3) is 0 Å². The van der Waals surface area contributed by atoms with Crippen molar-refractivity contribution in [2.45, 2.75) is 19.1 Å². The average molecular weight is 374 g/mol. The van der Waals surface area contributed by atoms with Gasteiger partial charge >= 0.3 is 6.18 Å². The largest absolute Gasteiger partial charge is 0.496 e. The number of ether oxygens (including phenoxy) is 2. The van der Waals surface area contributed by atoms with E-state index in [9.17, 15) is 22.8 Å². The van der Waals surface area contributed by atoms with Crippen molar-refractivity contribution >= 4 is 11.8 Å². The van der Waals surface area contributed by atoms with E-state index in [1.807, 2.05) is 0 Å².